The smallest absolute Gasteiger partial charge is 0.143 e. The molecule has 0 bridgehead atoms. The molecule has 1 aromatic heterocycles. The van der Waals surface area contributed by atoms with Crippen LogP contribution in [0.4, 0.5) is 0 Å². The van der Waals surface area contributed by atoms with Gasteiger partial charge in [-0.15, -0.1) is 11.3 Å². The van der Waals surface area contributed by atoms with Crippen molar-refractivity contribution >= 4 is 33.0 Å². The number of hydrogen-bond donors (Lipinski definition) is 1. The largest absolute Gasteiger partial charge is 0.506 e. The molecule has 4 heteroatoms. The van der Waals surface area contributed by atoms with E-state index in [1.54, 1.807) is 12.1 Å². The first-order valence-electron chi connectivity index (χ1n) is 3.53. The Bertz CT molecular complexity index is 512. The zero-order valence-electron chi connectivity index (χ0n) is 6.41. The lowest BCUT2D eigenvalue weighted by atomic mass is 10.1. The number of nitriles is 1. The molecule has 13 heavy (non-hydrogen) atoms. The topological polar surface area (TPSA) is 44.0 Å². The molecule has 0 amide bonds. The second-order valence-electron chi connectivity index (χ2n) is 2.53. The molecular formula is C9H4ClNOS. The Morgan fingerprint density at radius 1 is 1.54 bits per heavy atom. The Morgan fingerprint density at radius 3 is 3.00 bits per heavy atom. The maximum absolute atomic E-state index is 9.62. The van der Waals surface area contributed by atoms with E-state index in [2.05, 4.69) is 0 Å². The Hall–Kier alpha value is -1.24. The van der Waals surface area contributed by atoms with Gasteiger partial charge in [0.2, 0.25) is 0 Å². The summed E-state index contributed by atoms with van der Waals surface area (Å²) in [7, 11) is 0. The fourth-order valence-corrected chi connectivity index (χ4v) is 2.30. The van der Waals surface area contributed by atoms with Gasteiger partial charge in [0.15, 0.2) is 0 Å². The molecule has 2 nitrogen and oxygen atoms in total. The number of benzene rings is 1. The lowest BCUT2D eigenvalue weighted by molar-refractivity contribution is 0.480. The second-order valence-corrected chi connectivity index (χ2v) is 3.88. The van der Waals surface area contributed by atoms with Crippen LogP contribution in [0.2, 0.25) is 5.02 Å². The van der Waals surface area contributed by atoms with Crippen molar-refractivity contribution < 1.29 is 5.11 Å². The highest BCUT2D eigenvalue weighted by molar-refractivity contribution is 7.17. The number of phenolic OH excluding ortho intramolecular Hbond substituents is 1. The van der Waals surface area contributed by atoms with Gasteiger partial charge in [-0.25, -0.2) is 0 Å². The van der Waals surface area contributed by atoms with Crippen LogP contribution in [0.1, 0.15) is 5.56 Å². The molecule has 2 aromatic rings. The monoisotopic (exact) mass is 209 g/mol. The minimum absolute atomic E-state index is 0.0220. The van der Waals surface area contributed by atoms with Gasteiger partial charge in [0.25, 0.3) is 0 Å². The summed E-state index contributed by atoms with van der Waals surface area (Å²) in [5, 5.41) is 21.2. The van der Waals surface area contributed by atoms with Crippen molar-refractivity contribution in [2.24, 2.45) is 0 Å². The number of phenols is 1. The van der Waals surface area contributed by atoms with Gasteiger partial charge in [-0.05, 0) is 17.5 Å². The van der Waals surface area contributed by atoms with Gasteiger partial charge < -0.3 is 5.11 Å². The Kier molecular flexibility index (Phi) is 1.87. The fraction of sp³-hybridized carbons (Fsp3) is 0. The van der Waals surface area contributed by atoms with Crippen LogP contribution in [0.5, 0.6) is 5.75 Å². The molecule has 2 rings (SSSR count). The van der Waals surface area contributed by atoms with Gasteiger partial charge in [0, 0.05) is 10.1 Å². The minimum atomic E-state index is -0.0220. The van der Waals surface area contributed by atoms with Gasteiger partial charge in [-0.2, -0.15) is 5.26 Å². The number of thiophene rings is 1. The number of hydrogen-bond acceptors (Lipinski definition) is 3. The van der Waals surface area contributed by atoms with E-state index in [4.69, 9.17) is 16.9 Å². The molecular weight excluding hydrogens is 206 g/mol. The average molecular weight is 210 g/mol. The summed E-state index contributed by atoms with van der Waals surface area (Å²) in [6.45, 7) is 0. The molecule has 0 atom stereocenters. The zero-order chi connectivity index (χ0) is 9.42. The standard InChI is InChI=1S/C9H4ClNOS/c10-7-3-8-5(1-2-13-8)9(12)6(7)4-11/h1-3,12H. The van der Waals surface area contributed by atoms with Crippen LogP contribution in [-0.4, -0.2) is 5.11 Å². The number of fused-ring (bicyclic) bond motifs is 1. The molecule has 0 spiro atoms. The van der Waals surface area contributed by atoms with Crippen molar-refractivity contribution in [2.45, 2.75) is 0 Å². The molecule has 0 saturated heterocycles. The normalized spacial score (nSPS) is 10.2. The van der Waals surface area contributed by atoms with E-state index in [1.807, 2.05) is 11.4 Å². The van der Waals surface area contributed by atoms with E-state index in [-0.39, 0.29) is 11.3 Å². The van der Waals surface area contributed by atoms with E-state index in [0.29, 0.717) is 10.4 Å². The predicted octanol–water partition coefficient (Wildman–Crippen LogP) is 3.13. The number of nitrogens with zero attached hydrogens (tertiary/aromatic N) is 1. The highest BCUT2D eigenvalue weighted by Crippen LogP contribution is 2.36. The van der Waals surface area contributed by atoms with Crippen LogP contribution >= 0.6 is 22.9 Å². The van der Waals surface area contributed by atoms with Crippen molar-refractivity contribution in [1.82, 2.24) is 0 Å². The molecule has 0 radical (unpaired) electrons. The highest BCUT2D eigenvalue weighted by Gasteiger charge is 2.11. The van der Waals surface area contributed by atoms with E-state index in [9.17, 15) is 5.11 Å². The van der Waals surface area contributed by atoms with Crippen molar-refractivity contribution in [3.05, 3.63) is 28.1 Å². The quantitative estimate of drug-likeness (QED) is 0.725. The third kappa shape index (κ3) is 1.15. The lowest BCUT2D eigenvalue weighted by Crippen LogP contribution is -1.78. The summed E-state index contributed by atoms with van der Waals surface area (Å²) in [6.07, 6.45) is 0. The third-order valence-corrected chi connectivity index (χ3v) is 2.96. The van der Waals surface area contributed by atoms with Gasteiger partial charge >= 0.3 is 0 Å². The number of rotatable bonds is 0. The maximum atomic E-state index is 9.62. The molecule has 0 aliphatic carbocycles. The van der Waals surface area contributed by atoms with E-state index >= 15 is 0 Å². The van der Waals surface area contributed by atoms with Gasteiger partial charge in [-0.1, -0.05) is 11.6 Å². The molecule has 64 valence electrons. The highest BCUT2D eigenvalue weighted by atomic mass is 35.5. The number of aromatic hydroxyl groups is 1. The van der Waals surface area contributed by atoms with Crippen molar-refractivity contribution in [2.75, 3.05) is 0 Å². The minimum Gasteiger partial charge on any atom is -0.506 e. The summed E-state index contributed by atoms with van der Waals surface area (Å²) >= 11 is 7.27. The van der Waals surface area contributed by atoms with Gasteiger partial charge in [0.1, 0.15) is 17.4 Å². The Labute approximate surface area is 83.6 Å². The predicted molar refractivity (Wildman–Crippen MR) is 53.2 cm³/mol. The molecule has 0 unspecified atom stereocenters. The summed E-state index contributed by atoms with van der Waals surface area (Å²) in [6, 6.07) is 5.33. The van der Waals surface area contributed by atoms with E-state index in [1.165, 1.54) is 11.3 Å². The van der Waals surface area contributed by atoms with Crippen molar-refractivity contribution in [1.29, 1.82) is 5.26 Å². The summed E-state index contributed by atoms with van der Waals surface area (Å²) in [4.78, 5) is 0. The van der Waals surface area contributed by atoms with Crippen LogP contribution in [0, 0.1) is 11.3 Å². The van der Waals surface area contributed by atoms with Crippen molar-refractivity contribution in [3.8, 4) is 11.8 Å². The molecule has 1 aromatic carbocycles. The SMILES string of the molecule is N#Cc1c(Cl)cc2sccc2c1O. The first-order valence-corrected chi connectivity index (χ1v) is 4.78. The maximum Gasteiger partial charge on any atom is 0.143 e. The molecule has 1 heterocycles. The number of halogens is 1. The van der Waals surface area contributed by atoms with Crippen LogP contribution in [0.3, 0.4) is 0 Å². The molecule has 0 aliphatic rings. The van der Waals surface area contributed by atoms with Gasteiger partial charge in [-0.3, -0.25) is 0 Å². The van der Waals surface area contributed by atoms with E-state index < -0.39 is 0 Å². The second kappa shape index (κ2) is 2.91. The Morgan fingerprint density at radius 2 is 2.31 bits per heavy atom. The van der Waals surface area contributed by atoms with Crippen molar-refractivity contribution in [3.63, 3.8) is 0 Å². The average Bonchev–Trinajstić information content (AvgIpc) is 2.53. The van der Waals surface area contributed by atoms with Crippen LogP contribution in [-0.2, 0) is 0 Å². The fourth-order valence-electron chi connectivity index (χ4n) is 1.17. The van der Waals surface area contributed by atoms with E-state index in [0.717, 1.165) is 4.70 Å². The molecule has 0 aliphatic heterocycles. The van der Waals surface area contributed by atoms with Crippen LogP contribution < -0.4 is 0 Å². The molecule has 0 fully saturated rings. The lowest BCUT2D eigenvalue weighted by Gasteiger charge is -1.99. The molecule has 0 saturated carbocycles. The molecule has 1 N–H and O–H groups in total. The van der Waals surface area contributed by atoms with Gasteiger partial charge in [0.05, 0.1) is 5.02 Å². The summed E-state index contributed by atoms with van der Waals surface area (Å²) in [5.41, 5.74) is 0.146. The Balaban J connectivity index is 2.95. The zero-order valence-corrected chi connectivity index (χ0v) is 7.99. The van der Waals surface area contributed by atoms with Crippen LogP contribution in [0.15, 0.2) is 17.5 Å². The summed E-state index contributed by atoms with van der Waals surface area (Å²) < 4.78 is 0.890. The first-order chi connectivity index (χ1) is 6.24. The summed E-state index contributed by atoms with van der Waals surface area (Å²) in [5.74, 6) is -0.0220. The van der Waals surface area contributed by atoms with Crippen LogP contribution in [0.25, 0.3) is 10.1 Å². The first kappa shape index (κ1) is 8.36. The third-order valence-electron chi connectivity index (χ3n) is 1.80.